The molecule has 0 saturated carbocycles. The van der Waals surface area contributed by atoms with Crippen LogP contribution in [0.3, 0.4) is 0 Å². The molecule has 1 amide bonds. The van der Waals surface area contributed by atoms with E-state index in [2.05, 4.69) is 9.46 Å². The predicted molar refractivity (Wildman–Crippen MR) is 70.4 cm³/mol. The molecule has 4 N–H and O–H groups in total. The van der Waals surface area contributed by atoms with E-state index in [1.807, 2.05) is 0 Å². The number of amides is 1. The molecule has 0 aliphatic carbocycles. The number of rotatable bonds is 4. The van der Waals surface area contributed by atoms with Crippen molar-refractivity contribution in [1.29, 1.82) is 0 Å². The van der Waals surface area contributed by atoms with Crippen LogP contribution < -0.4 is 15.2 Å². The number of benzene rings is 1. The molecule has 1 aromatic rings. The number of thiocarbonyl (C=S) groups is 1. The Morgan fingerprint density at radius 1 is 1.44 bits per heavy atom. The van der Waals surface area contributed by atoms with Crippen molar-refractivity contribution in [3.63, 3.8) is 0 Å². The number of ether oxygens (including phenoxy) is 1. The second kappa shape index (κ2) is 5.65. The van der Waals surface area contributed by atoms with E-state index in [9.17, 15) is 13.2 Å². The van der Waals surface area contributed by atoms with Gasteiger partial charge in [0.1, 0.15) is 4.99 Å². The highest BCUT2D eigenvalue weighted by molar-refractivity contribution is 7.91. The summed E-state index contributed by atoms with van der Waals surface area (Å²) in [6, 6.07) is 6.13. The fourth-order valence-electron chi connectivity index (χ4n) is 1.07. The smallest absolute Gasteiger partial charge is 0.422 e. The largest absolute Gasteiger partial charge is 0.452 e. The highest BCUT2D eigenvalue weighted by Crippen LogP contribution is 2.11. The van der Waals surface area contributed by atoms with E-state index in [-0.39, 0.29) is 10.7 Å². The van der Waals surface area contributed by atoms with E-state index < -0.39 is 16.3 Å². The minimum atomic E-state index is -4.05. The molecule has 0 radical (unpaired) electrons. The predicted octanol–water partition coefficient (Wildman–Crippen LogP) is 0.334. The highest BCUT2D eigenvalue weighted by atomic mass is 32.2. The summed E-state index contributed by atoms with van der Waals surface area (Å²) in [6.45, 7) is 0. The van der Waals surface area contributed by atoms with Crippen molar-refractivity contribution in [2.24, 2.45) is 5.73 Å². The summed E-state index contributed by atoms with van der Waals surface area (Å²) >= 11 is 4.76. The lowest BCUT2D eigenvalue weighted by molar-refractivity contribution is 0.177. The van der Waals surface area contributed by atoms with Gasteiger partial charge in [-0.05, 0) is 12.1 Å². The van der Waals surface area contributed by atoms with Crippen LogP contribution in [-0.4, -0.2) is 26.6 Å². The average Bonchev–Trinajstić information content (AvgIpc) is 2.27. The summed E-state index contributed by atoms with van der Waals surface area (Å²) in [5.41, 5.74) is 6.14. The monoisotopic (exact) mass is 289 g/mol. The molecule has 1 aromatic carbocycles. The summed E-state index contributed by atoms with van der Waals surface area (Å²) in [4.78, 5) is 10.9. The molecule has 1 rings (SSSR count). The van der Waals surface area contributed by atoms with Crippen molar-refractivity contribution in [2.45, 2.75) is 0 Å². The van der Waals surface area contributed by atoms with E-state index in [1.54, 1.807) is 16.9 Å². The van der Waals surface area contributed by atoms with Gasteiger partial charge in [-0.15, -0.1) is 0 Å². The number of hydrogen-bond acceptors (Lipinski definition) is 5. The molecule has 0 aliphatic heterocycles. The van der Waals surface area contributed by atoms with Crippen molar-refractivity contribution >= 4 is 39.2 Å². The van der Waals surface area contributed by atoms with Gasteiger partial charge in [0, 0.05) is 5.56 Å². The maximum Gasteiger partial charge on any atom is 0.422 e. The third kappa shape index (κ3) is 4.18. The van der Waals surface area contributed by atoms with Crippen LogP contribution in [0.4, 0.5) is 10.5 Å². The second-order valence-electron chi connectivity index (χ2n) is 3.14. The SMILES string of the molecule is COC(=O)NS(=O)(=O)Nc1cccc(C(N)=S)c1. The van der Waals surface area contributed by atoms with Crippen LogP contribution in [0.2, 0.25) is 0 Å². The van der Waals surface area contributed by atoms with Gasteiger partial charge >= 0.3 is 16.3 Å². The van der Waals surface area contributed by atoms with Crippen molar-refractivity contribution in [3.8, 4) is 0 Å². The number of hydrogen-bond donors (Lipinski definition) is 3. The Bertz CT molecular complexity index is 571. The zero-order valence-corrected chi connectivity index (χ0v) is 11.0. The maximum atomic E-state index is 11.5. The summed E-state index contributed by atoms with van der Waals surface area (Å²) in [6.07, 6.45) is -1.09. The van der Waals surface area contributed by atoms with Gasteiger partial charge in [0.15, 0.2) is 0 Å². The van der Waals surface area contributed by atoms with Gasteiger partial charge in [-0.2, -0.15) is 8.42 Å². The Morgan fingerprint density at radius 2 is 2.11 bits per heavy atom. The zero-order chi connectivity index (χ0) is 13.8. The van der Waals surface area contributed by atoms with E-state index in [1.165, 1.54) is 12.1 Å². The molecular weight excluding hydrogens is 278 g/mol. The Balaban J connectivity index is 2.87. The average molecular weight is 289 g/mol. The number of nitrogens with one attached hydrogen (secondary N) is 2. The molecule has 9 heteroatoms. The number of methoxy groups -OCH3 is 1. The fourth-order valence-corrected chi connectivity index (χ4v) is 1.99. The second-order valence-corrected chi connectivity index (χ2v) is 5.00. The first-order valence-corrected chi connectivity index (χ1v) is 6.51. The minimum Gasteiger partial charge on any atom is -0.452 e. The molecular formula is C9H11N3O4S2. The molecule has 0 atom stereocenters. The standard InChI is InChI=1S/C9H11N3O4S2/c1-16-9(13)12-18(14,15)11-7-4-2-3-6(5-7)8(10)17/h2-5,11H,1H3,(H2,10,17)(H,12,13). The first kappa shape index (κ1) is 14.2. The summed E-state index contributed by atoms with van der Waals surface area (Å²) in [5, 5.41) is 0. The lowest BCUT2D eigenvalue weighted by Crippen LogP contribution is -2.35. The van der Waals surface area contributed by atoms with Gasteiger partial charge in [-0.3, -0.25) is 4.72 Å². The van der Waals surface area contributed by atoms with Crippen LogP contribution in [0.1, 0.15) is 5.56 Å². The summed E-state index contributed by atoms with van der Waals surface area (Å²) < 4.78 is 30.9. The third-order valence-corrected chi connectivity index (χ3v) is 2.98. The fraction of sp³-hybridized carbons (Fsp3) is 0.111. The van der Waals surface area contributed by atoms with Gasteiger partial charge in [-0.1, -0.05) is 24.4 Å². The van der Waals surface area contributed by atoms with Crippen LogP contribution in [-0.2, 0) is 14.9 Å². The normalized spacial score (nSPS) is 10.5. The van der Waals surface area contributed by atoms with E-state index in [0.717, 1.165) is 7.11 Å². The molecule has 0 unspecified atom stereocenters. The topological polar surface area (TPSA) is 111 Å². The van der Waals surface area contributed by atoms with Crippen molar-refractivity contribution < 1.29 is 17.9 Å². The van der Waals surface area contributed by atoms with Crippen molar-refractivity contribution in [3.05, 3.63) is 29.8 Å². The van der Waals surface area contributed by atoms with Gasteiger partial charge < -0.3 is 10.5 Å². The number of carbonyl (C=O) groups is 1. The van der Waals surface area contributed by atoms with Crippen LogP contribution in [0.5, 0.6) is 0 Å². The lowest BCUT2D eigenvalue weighted by atomic mass is 10.2. The Kier molecular flexibility index (Phi) is 4.45. The molecule has 0 heterocycles. The van der Waals surface area contributed by atoms with Crippen LogP contribution in [0.25, 0.3) is 0 Å². The van der Waals surface area contributed by atoms with Gasteiger partial charge in [0.2, 0.25) is 0 Å². The molecule has 0 spiro atoms. The molecule has 18 heavy (non-hydrogen) atoms. The Hall–Kier alpha value is -1.87. The van der Waals surface area contributed by atoms with Gasteiger partial charge in [0.25, 0.3) is 0 Å². The Labute approximate surface area is 109 Å². The maximum absolute atomic E-state index is 11.5. The first-order chi connectivity index (χ1) is 8.34. The summed E-state index contributed by atoms with van der Waals surface area (Å²) in [5.74, 6) is 0. The van der Waals surface area contributed by atoms with Crippen molar-refractivity contribution in [1.82, 2.24) is 4.72 Å². The third-order valence-electron chi connectivity index (χ3n) is 1.80. The lowest BCUT2D eigenvalue weighted by Gasteiger charge is -2.09. The van der Waals surface area contributed by atoms with Crippen LogP contribution >= 0.6 is 12.2 Å². The molecule has 98 valence electrons. The number of carbonyl (C=O) groups excluding carboxylic acids is 1. The molecule has 0 aliphatic rings. The quantitative estimate of drug-likeness (QED) is 0.689. The minimum absolute atomic E-state index is 0.136. The molecule has 0 aromatic heterocycles. The number of nitrogens with two attached hydrogens (primary N) is 1. The highest BCUT2D eigenvalue weighted by Gasteiger charge is 2.14. The van der Waals surface area contributed by atoms with E-state index >= 15 is 0 Å². The van der Waals surface area contributed by atoms with Gasteiger partial charge in [-0.25, -0.2) is 9.52 Å². The van der Waals surface area contributed by atoms with Crippen LogP contribution in [0.15, 0.2) is 24.3 Å². The molecule has 0 saturated heterocycles. The van der Waals surface area contributed by atoms with E-state index in [4.69, 9.17) is 18.0 Å². The first-order valence-electron chi connectivity index (χ1n) is 4.62. The van der Waals surface area contributed by atoms with Crippen LogP contribution in [0, 0.1) is 0 Å². The summed E-state index contributed by atoms with van der Waals surface area (Å²) in [7, 11) is -2.99. The Morgan fingerprint density at radius 3 is 2.67 bits per heavy atom. The van der Waals surface area contributed by atoms with E-state index in [0.29, 0.717) is 5.56 Å². The van der Waals surface area contributed by atoms with Gasteiger partial charge in [0.05, 0.1) is 12.8 Å². The molecule has 7 nitrogen and oxygen atoms in total. The zero-order valence-electron chi connectivity index (χ0n) is 9.34. The molecule has 0 fully saturated rings. The number of anilines is 1. The molecule has 0 bridgehead atoms. The van der Waals surface area contributed by atoms with Crippen molar-refractivity contribution in [2.75, 3.05) is 11.8 Å².